The first kappa shape index (κ1) is 31.0. The number of oxazole rings is 1. The largest absolute Gasteiger partial charge is 0.437 e. The van der Waals surface area contributed by atoms with E-state index in [1.807, 2.05) is 4.90 Å². The van der Waals surface area contributed by atoms with Gasteiger partial charge < -0.3 is 29.5 Å². The number of aliphatic hydroxyl groups is 1. The highest BCUT2D eigenvalue weighted by atomic mass is 19.4. The van der Waals surface area contributed by atoms with Crippen LogP contribution in [0.3, 0.4) is 0 Å². The number of halogens is 4. The molecule has 2 aliphatic rings. The van der Waals surface area contributed by atoms with E-state index in [1.54, 1.807) is 53.4 Å². The van der Waals surface area contributed by atoms with Gasteiger partial charge in [-0.25, -0.2) is 9.37 Å². The molecule has 2 atom stereocenters. The number of aliphatic hydroxyl groups excluding tert-OH is 1. The molecule has 46 heavy (non-hydrogen) atoms. The van der Waals surface area contributed by atoms with Crippen molar-refractivity contribution in [3.63, 3.8) is 0 Å². The molecular formula is C32H30F4N6O4. The van der Waals surface area contributed by atoms with Gasteiger partial charge in [0.05, 0.1) is 11.9 Å². The molecule has 10 nitrogen and oxygen atoms in total. The average Bonchev–Trinajstić information content (AvgIpc) is 3.74. The molecule has 0 radical (unpaired) electrons. The van der Waals surface area contributed by atoms with Gasteiger partial charge in [-0.15, -0.1) is 0 Å². The topological polar surface area (TPSA) is 115 Å². The second-order valence-corrected chi connectivity index (χ2v) is 11.1. The number of piperazine rings is 1. The van der Waals surface area contributed by atoms with E-state index in [4.69, 9.17) is 4.42 Å². The van der Waals surface area contributed by atoms with Crippen LogP contribution >= 0.6 is 0 Å². The van der Waals surface area contributed by atoms with Gasteiger partial charge in [0.1, 0.15) is 11.6 Å². The number of rotatable bonds is 7. The highest BCUT2D eigenvalue weighted by Gasteiger charge is 2.42. The maximum Gasteiger partial charge on any atom is 0.437 e. The molecule has 2 N–H and O–H groups in total. The molecule has 240 valence electrons. The van der Waals surface area contributed by atoms with Crippen molar-refractivity contribution in [3.05, 3.63) is 101 Å². The molecule has 0 saturated carbocycles. The molecule has 4 aromatic rings. The predicted molar refractivity (Wildman–Crippen MR) is 160 cm³/mol. The van der Waals surface area contributed by atoms with Crippen molar-refractivity contribution in [3.8, 4) is 0 Å². The third-order valence-corrected chi connectivity index (χ3v) is 8.14. The lowest BCUT2D eigenvalue weighted by molar-refractivity contribution is -0.142. The lowest BCUT2D eigenvalue weighted by atomic mass is 9.98. The standard InChI is InChI=1S/C32H30F4N6O4/c33-23-8-4-7-21(17-23)22-11-12-42(19-22)31-39-28(32(34,35)36)27(46-31)29(44)38-24-9-10-25(37-18-24)40-13-15-41(16-14-40)30(45)26(43)20-5-2-1-3-6-20/h1-10,17-18,22,26,43H,11-16,19H2,(H,38,44). The summed E-state index contributed by atoms with van der Waals surface area (Å²) in [5.41, 5.74) is -0.0597. The number of carbonyl (C=O) groups excluding carboxylic acids is 2. The molecule has 2 fully saturated rings. The zero-order chi connectivity index (χ0) is 32.4. The second kappa shape index (κ2) is 12.8. The molecule has 4 heterocycles. The Kier molecular flexibility index (Phi) is 8.63. The highest BCUT2D eigenvalue weighted by molar-refractivity contribution is 6.03. The fourth-order valence-corrected chi connectivity index (χ4v) is 5.70. The van der Waals surface area contributed by atoms with Gasteiger partial charge in [0.25, 0.3) is 17.8 Å². The van der Waals surface area contributed by atoms with E-state index in [0.717, 1.165) is 5.56 Å². The van der Waals surface area contributed by atoms with Gasteiger partial charge in [-0.2, -0.15) is 18.2 Å². The number of benzene rings is 2. The van der Waals surface area contributed by atoms with E-state index in [0.29, 0.717) is 50.5 Å². The molecule has 0 spiro atoms. The molecule has 14 heteroatoms. The average molecular weight is 639 g/mol. The summed E-state index contributed by atoms with van der Waals surface area (Å²) in [4.78, 5) is 38.7. The predicted octanol–water partition coefficient (Wildman–Crippen LogP) is 4.86. The third kappa shape index (κ3) is 6.66. The van der Waals surface area contributed by atoms with Gasteiger partial charge in [-0.1, -0.05) is 42.5 Å². The van der Waals surface area contributed by atoms with Crippen LogP contribution in [0.4, 0.5) is 35.1 Å². The number of anilines is 3. The van der Waals surface area contributed by atoms with E-state index in [9.17, 15) is 32.3 Å². The van der Waals surface area contributed by atoms with E-state index in [1.165, 1.54) is 29.3 Å². The molecular weight excluding hydrogens is 608 g/mol. The number of hydrogen-bond donors (Lipinski definition) is 2. The first-order chi connectivity index (χ1) is 22.1. The Morgan fingerprint density at radius 3 is 2.39 bits per heavy atom. The number of aromatic nitrogens is 2. The monoisotopic (exact) mass is 638 g/mol. The van der Waals surface area contributed by atoms with Crippen LogP contribution in [-0.4, -0.2) is 71.1 Å². The lowest BCUT2D eigenvalue weighted by Gasteiger charge is -2.36. The summed E-state index contributed by atoms with van der Waals surface area (Å²) in [6, 6.07) is 17.5. The summed E-state index contributed by atoms with van der Waals surface area (Å²) < 4.78 is 60.7. The summed E-state index contributed by atoms with van der Waals surface area (Å²) in [5.74, 6) is -2.48. The van der Waals surface area contributed by atoms with Crippen molar-refractivity contribution >= 4 is 29.3 Å². The number of amides is 2. The summed E-state index contributed by atoms with van der Waals surface area (Å²) in [7, 11) is 0. The Morgan fingerprint density at radius 1 is 0.957 bits per heavy atom. The molecule has 2 aromatic carbocycles. The van der Waals surface area contributed by atoms with E-state index in [2.05, 4.69) is 15.3 Å². The molecule has 2 aromatic heterocycles. The van der Waals surface area contributed by atoms with Crippen molar-refractivity contribution in [2.24, 2.45) is 0 Å². The number of alkyl halides is 3. The molecule has 0 aliphatic carbocycles. The first-order valence-corrected chi connectivity index (χ1v) is 14.7. The van der Waals surface area contributed by atoms with Gasteiger partial charge in [0.2, 0.25) is 5.76 Å². The van der Waals surface area contributed by atoms with Crippen LogP contribution < -0.4 is 15.1 Å². The van der Waals surface area contributed by atoms with Crippen molar-refractivity contribution in [2.45, 2.75) is 24.6 Å². The second-order valence-electron chi connectivity index (χ2n) is 11.1. The van der Waals surface area contributed by atoms with Crippen LogP contribution in [0, 0.1) is 5.82 Å². The Balaban J connectivity index is 1.08. The summed E-state index contributed by atoms with van der Waals surface area (Å²) in [5, 5.41) is 12.9. The fourth-order valence-electron chi connectivity index (χ4n) is 5.70. The van der Waals surface area contributed by atoms with Crippen LogP contribution in [0.15, 0.2) is 77.3 Å². The Hall–Kier alpha value is -4.98. The van der Waals surface area contributed by atoms with Gasteiger partial charge >= 0.3 is 6.18 Å². The number of pyridine rings is 1. The SMILES string of the molecule is O=C(Nc1ccc(N2CCN(C(=O)C(O)c3ccccc3)CC2)nc1)c1oc(N2CCC(c3cccc(F)c3)C2)nc1C(F)(F)F. The molecule has 2 saturated heterocycles. The van der Waals surface area contributed by atoms with Crippen molar-refractivity contribution in [1.82, 2.24) is 14.9 Å². The van der Waals surface area contributed by atoms with Gasteiger partial charge in [0, 0.05) is 45.2 Å². The van der Waals surface area contributed by atoms with Crippen LogP contribution in [-0.2, 0) is 11.0 Å². The molecule has 2 aliphatic heterocycles. The molecule has 2 unspecified atom stereocenters. The van der Waals surface area contributed by atoms with E-state index < -0.39 is 35.5 Å². The van der Waals surface area contributed by atoms with Crippen LogP contribution in [0.5, 0.6) is 0 Å². The minimum Gasteiger partial charge on any atom is -0.417 e. The normalized spacial score (nSPS) is 17.7. The summed E-state index contributed by atoms with van der Waals surface area (Å²) in [6.07, 6.45) is -4.33. The smallest absolute Gasteiger partial charge is 0.417 e. The molecule has 6 rings (SSSR count). The molecule has 2 amide bonds. The fraction of sp³-hybridized carbons (Fsp3) is 0.312. The Labute approximate surface area is 261 Å². The van der Waals surface area contributed by atoms with Crippen molar-refractivity contribution in [2.75, 3.05) is 54.4 Å². The first-order valence-electron chi connectivity index (χ1n) is 14.7. The van der Waals surface area contributed by atoms with E-state index in [-0.39, 0.29) is 30.1 Å². The maximum atomic E-state index is 13.9. The Morgan fingerprint density at radius 2 is 1.72 bits per heavy atom. The molecule has 0 bridgehead atoms. The minimum atomic E-state index is -4.95. The number of nitrogens with zero attached hydrogens (tertiary/aromatic N) is 5. The van der Waals surface area contributed by atoms with Crippen LogP contribution in [0.1, 0.15) is 45.8 Å². The quantitative estimate of drug-likeness (QED) is 0.276. The Bertz CT molecular complexity index is 1690. The minimum absolute atomic E-state index is 0.136. The third-order valence-electron chi connectivity index (χ3n) is 8.14. The van der Waals surface area contributed by atoms with Gasteiger partial charge in [-0.05, 0) is 41.8 Å². The van der Waals surface area contributed by atoms with E-state index >= 15 is 0 Å². The van der Waals surface area contributed by atoms with Gasteiger partial charge in [0.15, 0.2) is 11.8 Å². The maximum absolute atomic E-state index is 13.9. The lowest BCUT2D eigenvalue weighted by Crippen LogP contribution is -2.50. The zero-order valence-corrected chi connectivity index (χ0v) is 24.5. The summed E-state index contributed by atoms with van der Waals surface area (Å²) in [6.45, 7) is 2.18. The number of carbonyl (C=O) groups is 2. The van der Waals surface area contributed by atoms with Crippen LogP contribution in [0.2, 0.25) is 0 Å². The number of nitrogens with one attached hydrogen (secondary N) is 1. The highest BCUT2D eigenvalue weighted by Crippen LogP contribution is 2.37. The van der Waals surface area contributed by atoms with Crippen LogP contribution in [0.25, 0.3) is 0 Å². The van der Waals surface area contributed by atoms with Crippen molar-refractivity contribution in [1.29, 1.82) is 0 Å². The summed E-state index contributed by atoms with van der Waals surface area (Å²) >= 11 is 0. The zero-order valence-electron chi connectivity index (χ0n) is 24.5. The van der Waals surface area contributed by atoms with Gasteiger partial charge in [-0.3, -0.25) is 9.59 Å². The number of hydrogen-bond acceptors (Lipinski definition) is 8. The van der Waals surface area contributed by atoms with Crippen molar-refractivity contribution < 1.29 is 36.7 Å².